The molecule has 0 aromatic carbocycles. The molecule has 4 rings (SSSR count). The number of nitrogens with one attached hydrogen (secondary N) is 1. The Morgan fingerprint density at radius 3 is 2.69 bits per heavy atom. The summed E-state index contributed by atoms with van der Waals surface area (Å²) >= 11 is 0. The van der Waals surface area contributed by atoms with Crippen molar-refractivity contribution in [2.75, 3.05) is 5.32 Å². The van der Waals surface area contributed by atoms with Gasteiger partial charge in [0.2, 0.25) is 0 Å². The van der Waals surface area contributed by atoms with E-state index < -0.39 is 0 Å². The lowest BCUT2D eigenvalue weighted by molar-refractivity contribution is 0.102. The van der Waals surface area contributed by atoms with E-state index in [1.54, 1.807) is 36.1 Å². The van der Waals surface area contributed by atoms with Crippen LogP contribution in [0.2, 0.25) is 0 Å². The van der Waals surface area contributed by atoms with Crippen LogP contribution in [0.4, 0.5) is 5.69 Å². The largest absolute Gasteiger partial charge is 0.463 e. The molecule has 0 saturated heterocycles. The van der Waals surface area contributed by atoms with E-state index in [0.717, 1.165) is 11.4 Å². The molecule has 0 fully saturated rings. The molecule has 8 heteroatoms. The number of anilines is 1. The van der Waals surface area contributed by atoms with Crippen molar-refractivity contribution in [1.82, 2.24) is 19.9 Å². The zero-order chi connectivity index (χ0) is 18.4. The Morgan fingerprint density at radius 1 is 1.23 bits per heavy atom. The van der Waals surface area contributed by atoms with E-state index in [1.165, 1.54) is 0 Å². The summed E-state index contributed by atoms with van der Waals surface area (Å²) in [6, 6.07) is 5.21. The number of nitrogens with zero attached hydrogens (tertiary/aromatic N) is 4. The maximum absolute atomic E-state index is 13.0. The molecule has 0 bridgehead atoms. The normalized spacial score (nSPS) is 11.2. The zero-order valence-corrected chi connectivity index (χ0v) is 14.8. The first-order chi connectivity index (χ1) is 12.5. The van der Waals surface area contributed by atoms with Gasteiger partial charge in [-0.25, -0.2) is 4.98 Å². The van der Waals surface area contributed by atoms with Crippen LogP contribution in [0.15, 0.2) is 33.4 Å². The fourth-order valence-corrected chi connectivity index (χ4v) is 2.96. The molecule has 1 amide bonds. The fraction of sp³-hybridized carbons (Fsp3) is 0.222. The molecule has 1 N–H and O–H groups in total. The van der Waals surface area contributed by atoms with E-state index in [9.17, 15) is 4.79 Å². The number of rotatable bonds is 3. The number of aryl methyl sites for hydroxylation is 3. The minimum atomic E-state index is -0.282. The number of furan rings is 1. The van der Waals surface area contributed by atoms with Gasteiger partial charge in [0.15, 0.2) is 5.76 Å². The smallest absolute Gasteiger partial charge is 0.259 e. The third kappa shape index (κ3) is 2.46. The van der Waals surface area contributed by atoms with Crippen LogP contribution in [0.25, 0.3) is 22.6 Å². The number of amides is 1. The van der Waals surface area contributed by atoms with Crippen LogP contribution in [0.5, 0.6) is 0 Å². The molecule has 8 nitrogen and oxygen atoms in total. The molecule has 4 aromatic rings. The van der Waals surface area contributed by atoms with Crippen LogP contribution in [-0.4, -0.2) is 25.8 Å². The average Bonchev–Trinajstić information content (AvgIpc) is 3.32. The maximum Gasteiger partial charge on any atom is 0.259 e. The summed E-state index contributed by atoms with van der Waals surface area (Å²) in [5.74, 6) is 0.263. The Labute approximate surface area is 148 Å². The molecule has 0 spiro atoms. The lowest BCUT2D eigenvalue weighted by atomic mass is 10.1. The number of aromatic nitrogens is 4. The van der Waals surface area contributed by atoms with Crippen molar-refractivity contribution in [2.24, 2.45) is 7.05 Å². The van der Waals surface area contributed by atoms with Gasteiger partial charge in [0, 0.05) is 7.05 Å². The summed E-state index contributed by atoms with van der Waals surface area (Å²) < 4.78 is 12.4. The number of fused-ring (bicyclic) bond motifs is 1. The van der Waals surface area contributed by atoms with Crippen LogP contribution in [0, 0.1) is 20.8 Å². The second-order valence-corrected chi connectivity index (χ2v) is 6.10. The summed E-state index contributed by atoms with van der Waals surface area (Å²) in [7, 11) is 1.84. The predicted octanol–water partition coefficient (Wildman–Crippen LogP) is 3.39. The van der Waals surface area contributed by atoms with Gasteiger partial charge in [-0.15, -0.1) is 0 Å². The molecule has 0 radical (unpaired) electrons. The van der Waals surface area contributed by atoms with Crippen molar-refractivity contribution >= 4 is 22.7 Å². The van der Waals surface area contributed by atoms with Crippen LogP contribution in [0.1, 0.15) is 27.4 Å². The zero-order valence-electron chi connectivity index (χ0n) is 14.8. The maximum atomic E-state index is 13.0. The highest BCUT2D eigenvalue weighted by atomic mass is 16.5. The third-order valence-electron chi connectivity index (χ3n) is 4.38. The number of pyridine rings is 1. The lowest BCUT2D eigenvalue weighted by Gasteiger charge is -2.08. The SMILES string of the molecule is Cc1nn(C)c(C)c1NC(=O)c1cc(-c2ccco2)nc2onc(C)c12. The van der Waals surface area contributed by atoms with Crippen LogP contribution < -0.4 is 5.32 Å². The van der Waals surface area contributed by atoms with E-state index >= 15 is 0 Å². The highest BCUT2D eigenvalue weighted by molar-refractivity contribution is 6.13. The van der Waals surface area contributed by atoms with Gasteiger partial charge >= 0.3 is 0 Å². The van der Waals surface area contributed by atoms with Crippen molar-refractivity contribution in [3.63, 3.8) is 0 Å². The summed E-state index contributed by atoms with van der Waals surface area (Å²) in [5.41, 5.74) is 4.12. The van der Waals surface area contributed by atoms with Gasteiger partial charge in [-0.1, -0.05) is 5.16 Å². The Hall–Kier alpha value is -3.42. The Bertz CT molecular complexity index is 1120. The van der Waals surface area contributed by atoms with Gasteiger partial charge in [-0.3, -0.25) is 9.48 Å². The molecule has 0 aliphatic heterocycles. The number of hydrogen-bond donors (Lipinski definition) is 1. The van der Waals surface area contributed by atoms with Gasteiger partial charge in [0.25, 0.3) is 11.6 Å². The monoisotopic (exact) mass is 351 g/mol. The van der Waals surface area contributed by atoms with E-state index in [0.29, 0.717) is 39.5 Å². The lowest BCUT2D eigenvalue weighted by Crippen LogP contribution is -2.14. The van der Waals surface area contributed by atoms with Gasteiger partial charge in [-0.2, -0.15) is 5.10 Å². The summed E-state index contributed by atoms with van der Waals surface area (Å²) in [6.07, 6.45) is 1.55. The van der Waals surface area contributed by atoms with E-state index in [1.807, 2.05) is 20.9 Å². The van der Waals surface area contributed by atoms with Gasteiger partial charge in [0.05, 0.1) is 40.0 Å². The van der Waals surface area contributed by atoms with Crippen molar-refractivity contribution < 1.29 is 13.7 Å². The molecule has 4 aromatic heterocycles. The standard InChI is InChI=1S/C18H17N5O3/c1-9-15-12(17(24)20-16-10(2)21-23(4)11(16)3)8-13(14-6-5-7-25-14)19-18(15)26-22-9/h5-8H,1-4H3,(H,20,24). The molecular weight excluding hydrogens is 334 g/mol. The molecule has 0 saturated carbocycles. The third-order valence-corrected chi connectivity index (χ3v) is 4.38. The highest BCUT2D eigenvalue weighted by Gasteiger charge is 2.22. The van der Waals surface area contributed by atoms with E-state index in [2.05, 4.69) is 20.6 Å². The molecule has 4 heterocycles. The van der Waals surface area contributed by atoms with Gasteiger partial charge < -0.3 is 14.3 Å². The second kappa shape index (κ2) is 5.83. The predicted molar refractivity (Wildman–Crippen MR) is 94.9 cm³/mol. The van der Waals surface area contributed by atoms with Crippen molar-refractivity contribution in [1.29, 1.82) is 0 Å². The fourth-order valence-electron chi connectivity index (χ4n) is 2.96. The average molecular weight is 351 g/mol. The van der Waals surface area contributed by atoms with E-state index in [4.69, 9.17) is 8.94 Å². The first-order valence-corrected chi connectivity index (χ1v) is 8.08. The van der Waals surface area contributed by atoms with Crippen LogP contribution in [-0.2, 0) is 7.05 Å². The summed E-state index contributed by atoms with van der Waals surface area (Å²) in [4.78, 5) is 17.4. The topological polar surface area (TPSA) is 99.0 Å². The van der Waals surface area contributed by atoms with Crippen molar-refractivity contribution in [3.05, 3.63) is 47.1 Å². The van der Waals surface area contributed by atoms with Crippen LogP contribution >= 0.6 is 0 Å². The van der Waals surface area contributed by atoms with E-state index in [-0.39, 0.29) is 5.91 Å². The molecular formula is C18H17N5O3. The number of hydrogen-bond acceptors (Lipinski definition) is 6. The summed E-state index contributed by atoms with van der Waals surface area (Å²) in [6.45, 7) is 5.53. The number of carbonyl (C=O) groups excluding carboxylic acids is 1. The summed E-state index contributed by atoms with van der Waals surface area (Å²) in [5, 5.41) is 11.8. The Kier molecular flexibility index (Phi) is 3.61. The Morgan fingerprint density at radius 2 is 2.04 bits per heavy atom. The first kappa shape index (κ1) is 16.1. The van der Waals surface area contributed by atoms with Gasteiger partial charge in [-0.05, 0) is 39.0 Å². The first-order valence-electron chi connectivity index (χ1n) is 8.08. The van der Waals surface area contributed by atoms with Gasteiger partial charge in [0.1, 0.15) is 5.69 Å². The minimum Gasteiger partial charge on any atom is -0.463 e. The molecule has 0 aliphatic carbocycles. The molecule has 132 valence electrons. The van der Waals surface area contributed by atoms with Crippen molar-refractivity contribution in [3.8, 4) is 11.5 Å². The minimum absolute atomic E-state index is 0.282. The molecule has 0 aliphatic rings. The second-order valence-electron chi connectivity index (χ2n) is 6.10. The molecule has 0 atom stereocenters. The number of carbonyl (C=O) groups is 1. The van der Waals surface area contributed by atoms with Crippen molar-refractivity contribution in [2.45, 2.75) is 20.8 Å². The Balaban J connectivity index is 1.84. The quantitative estimate of drug-likeness (QED) is 0.607. The highest BCUT2D eigenvalue weighted by Crippen LogP contribution is 2.28. The van der Waals surface area contributed by atoms with Crippen LogP contribution in [0.3, 0.4) is 0 Å². The molecule has 26 heavy (non-hydrogen) atoms. The molecule has 0 unspecified atom stereocenters.